The van der Waals surface area contributed by atoms with Crippen molar-refractivity contribution in [3.05, 3.63) is 18.0 Å². The number of rotatable bonds is 5. The van der Waals surface area contributed by atoms with Gasteiger partial charge in [0.05, 0.1) is 18.3 Å². The molecule has 22 heavy (non-hydrogen) atoms. The number of likely N-dealkylation sites (tertiary alicyclic amines) is 1. The van der Waals surface area contributed by atoms with Crippen LogP contribution in [0, 0.1) is 5.92 Å². The normalized spacial score (nSPS) is 22.3. The lowest BCUT2D eigenvalue weighted by Crippen LogP contribution is -2.42. The van der Waals surface area contributed by atoms with Crippen molar-refractivity contribution >= 4 is 5.91 Å². The summed E-state index contributed by atoms with van der Waals surface area (Å²) in [4.78, 5) is 17.0. The zero-order valence-corrected chi connectivity index (χ0v) is 13.9. The molecule has 3 rings (SSSR count). The summed E-state index contributed by atoms with van der Waals surface area (Å²) in [7, 11) is 0. The van der Waals surface area contributed by atoms with Gasteiger partial charge in [0.15, 0.2) is 0 Å². The van der Waals surface area contributed by atoms with Gasteiger partial charge in [-0.2, -0.15) is 5.10 Å². The van der Waals surface area contributed by atoms with Gasteiger partial charge in [-0.1, -0.05) is 13.8 Å². The van der Waals surface area contributed by atoms with Crippen LogP contribution in [-0.2, 0) is 11.3 Å². The minimum Gasteiger partial charge on any atom is -0.335 e. The Morgan fingerprint density at radius 3 is 2.86 bits per heavy atom. The number of amides is 1. The van der Waals surface area contributed by atoms with E-state index < -0.39 is 0 Å². The van der Waals surface area contributed by atoms with Crippen LogP contribution >= 0.6 is 0 Å². The van der Waals surface area contributed by atoms with E-state index in [1.165, 1.54) is 31.6 Å². The summed E-state index contributed by atoms with van der Waals surface area (Å²) in [5.41, 5.74) is 1.18. The van der Waals surface area contributed by atoms with Crippen LogP contribution in [0.2, 0.25) is 0 Å². The molecule has 1 fully saturated rings. The number of nitrogens with zero attached hydrogens (tertiary/aromatic N) is 4. The lowest BCUT2D eigenvalue weighted by atomic mass is 10.1. The monoisotopic (exact) mass is 304 g/mol. The van der Waals surface area contributed by atoms with Crippen molar-refractivity contribution in [1.82, 2.24) is 19.6 Å². The van der Waals surface area contributed by atoms with Crippen LogP contribution in [0.1, 0.15) is 51.3 Å². The fourth-order valence-electron chi connectivity index (χ4n) is 3.61. The zero-order chi connectivity index (χ0) is 15.5. The molecule has 0 aliphatic carbocycles. The average Bonchev–Trinajstić information content (AvgIpc) is 3.14. The Labute approximate surface area is 133 Å². The average molecular weight is 304 g/mol. The van der Waals surface area contributed by atoms with Gasteiger partial charge in [-0.05, 0) is 44.3 Å². The molecule has 1 aromatic heterocycles. The SMILES string of the molecule is CC(C)CC(=O)N1Cc2ccnn2[C@@H](CCN2CCCC2)C1. The van der Waals surface area contributed by atoms with E-state index in [0.717, 1.165) is 19.5 Å². The zero-order valence-electron chi connectivity index (χ0n) is 13.9. The van der Waals surface area contributed by atoms with Crippen molar-refractivity contribution in [2.75, 3.05) is 26.2 Å². The standard InChI is InChI=1S/C17H28N4O/c1-14(2)11-17(22)20-12-15-5-7-18-21(15)16(13-20)6-10-19-8-3-4-9-19/h5,7,14,16H,3-4,6,8-13H2,1-2H3/t16-/m0/s1. The summed E-state index contributed by atoms with van der Waals surface area (Å²) in [6, 6.07) is 2.38. The molecule has 1 aromatic rings. The molecular weight excluding hydrogens is 276 g/mol. The van der Waals surface area contributed by atoms with E-state index in [1.54, 1.807) is 0 Å². The molecule has 1 amide bonds. The van der Waals surface area contributed by atoms with E-state index in [0.29, 0.717) is 24.9 Å². The van der Waals surface area contributed by atoms with E-state index in [9.17, 15) is 4.79 Å². The Morgan fingerprint density at radius 1 is 1.36 bits per heavy atom. The first-order valence-corrected chi connectivity index (χ1v) is 8.66. The molecule has 5 nitrogen and oxygen atoms in total. The van der Waals surface area contributed by atoms with E-state index in [1.807, 2.05) is 11.1 Å². The van der Waals surface area contributed by atoms with Gasteiger partial charge < -0.3 is 9.80 Å². The van der Waals surface area contributed by atoms with Gasteiger partial charge in [0, 0.05) is 25.7 Å². The molecule has 1 saturated heterocycles. The van der Waals surface area contributed by atoms with Crippen molar-refractivity contribution in [2.24, 2.45) is 5.92 Å². The first-order chi connectivity index (χ1) is 10.6. The molecule has 0 bridgehead atoms. The number of hydrogen-bond donors (Lipinski definition) is 0. The maximum atomic E-state index is 12.4. The van der Waals surface area contributed by atoms with Crippen molar-refractivity contribution in [3.8, 4) is 0 Å². The molecule has 0 radical (unpaired) electrons. The van der Waals surface area contributed by atoms with E-state index >= 15 is 0 Å². The van der Waals surface area contributed by atoms with Crippen LogP contribution < -0.4 is 0 Å². The molecule has 2 aliphatic heterocycles. The molecule has 3 heterocycles. The first kappa shape index (κ1) is 15.5. The van der Waals surface area contributed by atoms with Crippen LogP contribution in [0.5, 0.6) is 0 Å². The van der Waals surface area contributed by atoms with Gasteiger partial charge in [-0.3, -0.25) is 9.48 Å². The van der Waals surface area contributed by atoms with Crippen LogP contribution in [0.25, 0.3) is 0 Å². The number of hydrogen-bond acceptors (Lipinski definition) is 3. The maximum absolute atomic E-state index is 12.4. The fraction of sp³-hybridized carbons (Fsp3) is 0.765. The van der Waals surface area contributed by atoms with Crippen LogP contribution in [0.15, 0.2) is 12.3 Å². The number of fused-ring (bicyclic) bond motifs is 1. The topological polar surface area (TPSA) is 41.4 Å². The lowest BCUT2D eigenvalue weighted by molar-refractivity contribution is -0.134. The van der Waals surface area contributed by atoms with Gasteiger partial charge in [0.1, 0.15) is 0 Å². The molecule has 2 aliphatic rings. The Hall–Kier alpha value is -1.36. The van der Waals surface area contributed by atoms with Gasteiger partial charge in [0.2, 0.25) is 5.91 Å². The summed E-state index contributed by atoms with van der Waals surface area (Å²) >= 11 is 0. The molecule has 0 aromatic carbocycles. The second kappa shape index (κ2) is 6.82. The quantitative estimate of drug-likeness (QED) is 0.838. The van der Waals surface area contributed by atoms with E-state index in [4.69, 9.17) is 0 Å². The second-order valence-electron chi connectivity index (χ2n) is 7.13. The minimum atomic E-state index is 0.286. The Balaban J connectivity index is 1.65. The Bertz CT molecular complexity index is 505. The third-order valence-corrected chi connectivity index (χ3v) is 4.79. The van der Waals surface area contributed by atoms with Gasteiger partial charge in [0.25, 0.3) is 0 Å². The summed E-state index contributed by atoms with van der Waals surface area (Å²) in [5, 5.41) is 4.50. The number of aromatic nitrogens is 2. The molecule has 0 spiro atoms. The molecular formula is C17H28N4O. The molecule has 122 valence electrons. The largest absolute Gasteiger partial charge is 0.335 e. The lowest BCUT2D eigenvalue weighted by Gasteiger charge is -2.35. The van der Waals surface area contributed by atoms with Crippen LogP contribution in [0.4, 0.5) is 0 Å². The smallest absolute Gasteiger partial charge is 0.223 e. The van der Waals surface area contributed by atoms with E-state index in [2.05, 4.69) is 34.6 Å². The molecule has 5 heteroatoms. The fourth-order valence-corrected chi connectivity index (χ4v) is 3.61. The van der Waals surface area contributed by atoms with Crippen molar-refractivity contribution < 1.29 is 4.79 Å². The van der Waals surface area contributed by atoms with Gasteiger partial charge in [-0.25, -0.2) is 0 Å². The Kier molecular flexibility index (Phi) is 4.81. The highest BCUT2D eigenvalue weighted by Gasteiger charge is 2.29. The molecule has 0 saturated carbocycles. The van der Waals surface area contributed by atoms with Crippen LogP contribution in [-0.4, -0.2) is 51.7 Å². The molecule has 0 unspecified atom stereocenters. The first-order valence-electron chi connectivity index (χ1n) is 8.66. The number of carbonyl (C=O) groups excluding carboxylic acids is 1. The van der Waals surface area contributed by atoms with E-state index in [-0.39, 0.29) is 5.91 Å². The third-order valence-electron chi connectivity index (χ3n) is 4.79. The predicted octanol–water partition coefficient (Wildman–Crippen LogP) is 2.30. The Morgan fingerprint density at radius 2 is 2.14 bits per heavy atom. The summed E-state index contributed by atoms with van der Waals surface area (Å²) in [6.07, 6.45) is 6.26. The molecule has 0 N–H and O–H groups in total. The highest BCUT2D eigenvalue weighted by molar-refractivity contribution is 5.76. The van der Waals surface area contributed by atoms with Gasteiger partial charge in [-0.15, -0.1) is 0 Å². The summed E-state index contributed by atoms with van der Waals surface area (Å²) < 4.78 is 2.15. The van der Waals surface area contributed by atoms with Crippen molar-refractivity contribution in [1.29, 1.82) is 0 Å². The van der Waals surface area contributed by atoms with Gasteiger partial charge >= 0.3 is 0 Å². The summed E-state index contributed by atoms with van der Waals surface area (Å²) in [6.45, 7) is 9.33. The van der Waals surface area contributed by atoms with Crippen molar-refractivity contribution in [3.63, 3.8) is 0 Å². The third kappa shape index (κ3) is 3.51. The maximum Gasteiger partial charge on any atom is 0.223 e. The number of carbonyl (C=O) groups is 1. The second-order valence-corrected chi connectivity index (χ2v) is 7.13. The minimum absolute atomic E-state index is 0.286. The van der Waals surface area contributed by atoms with Crippen LogP contribution in [0.3, 0.4) is 0 Å². The predicted molar refractivity (Wildman–Crippen MR) is 86.4 cm³/mol. The highest BCUT2D eigenvalue weighted by atomic mass is 16.2. The molecule has 1 atom stereocenters. The van der Waals surface area contributed by atoms with Crippen molar-refractivity contribution in [2.45, 2.75) is 52.1 Å². The summed E-state index contributed by atoms with van der Waals surface area (Å²) in [5.74, 6) is 0.705. The highest BCUT2D eigenvalue weighted by Crippen LogP contribution is 2.25.